The van der Waals surface area contributed by atoms with Gasteiger partial charge in [-0.05, 0) is 17.9 Å². The van der Waals surface area contributed by atoms with E-state index in [1.54, 1.807) is 16.9 Å². The molecule has 7 nitrogen and oxygen atoms in total. The third-order valence-corrected chi connectivity index (χ3v) is 4.81. The summed E-state index contributed by atoms with van der Waals surface area (Å²) in [5.74, 6) is 0.573. The largest absolute Gasteiger partial charge is 0.337 e. The van der Waals surface area contributed by atoms with Gasteiger partial charge in [0, 0.05) is 45.5 Å². The number of anilines is 1. The molecule has 0 unspecified atom stereocenters. The predicted octanol–water partition coefficient (Wildman–Crippen LogP) is 1.27. The maximum absolute atomic E-state index is 12.4. The van der Waals surface area contributed by atoms with Crippen LogP contribution in [0.1, 0.15) is 16.1 Å². The minimum Gasteiger partial charge on any atom is -0.337 e. The predicted molar refractivity (Wildman–Crippen MR) is 93.1 cm³/mol. The van der Waals surface area contributed by atoms with Crippen LogP contribution in [-0.2, 0) is 11.8 Å². The smallest absolute Gasteiger partial charge is 0.263 e. The van der Waals surface area contributed by atoms with Crippen molar-refractivity contribution >= 4 is 29.0 Å². The SMILES string of the molecule is Cn1ccc(NC(=O)CN2CCCN(C(=O)c3cccs3)CC2)n1. The number of aromatic nitrogens is 2. The van der Waals surface area contributed by atoms with E-state index in [2.05, 4.69) is 15.3 Å². The maximum Gasteiger partial charge on any atom is 0.263 e. The van der Waals surface area contributed by atoms with E-state index in [1.807, 2.05) is 29.5 Å². The molecule has 1 saturated heterocycles. The van der Waals surface area contributed by atoms with Crippen LogP contribution in [0.5, 0.6) is 0 Å². The fourth-order valence-electron chi connectivity index (χ4n) is 2.76. The third kappa shape index (κ3) is 4.21. The summed E-state index contributed by atoms with van der Waals surface area (Å²) in [5.41, 5.74) is 0. The molecule has 0 aliphatic carbocycles. The van der Waals surface area contributed by atoms with Gasteiger partial charge in [0.1, 0.15) is 0 Å². The molecule has 1 N–H and O–H groups in total. The zero-order chi connectivity index (χ0) is 16.9. The lowest BCUT2D eigenvalue weighted by Crippen LogP contribution is -2.37. The minimum atomic E-state index is -0.0771. The molecule has 1 aliphatic rings. The van der Waals surface area contributed by atoms with E-state index >= 15 is 0 Å². The molecule has 8 heteroatoms. The number of carbonyl (C=O) groups is 2. The Hall–Kier alpha value is -2.19. The molecule has 1 aliphatic heterocycles. The summed E-state index contributed by atoms with van der Waals surface area (Å²) in [5, 5.41) is 8.85. The van der Waals surface area contributed by atoms with E-state index in [0.717, 1.165) is 24.4 Å². The Bertz CT molecular complexity index is 697. The summed E-state index contributed by atoms with van der Waals surface area (Å²) in [4.78, 5) is 29.3. The van der Waals surface area contributed by atoms with Gasteiger partial charge in [-0.15, -0.1) is 11.3 Å². The fourth-order valence-corrected chi connectivity index (χ4v) is 3.45. The van der Waals surface area contributed by atoms with Crippen molar-refractivity contribution in [3.05, 3.63) is 34.7 Å². The number of rotatable bonds is 4. The van der Waals surface area contributed by atoms with E-state index in [0.29, 0.717) is 25.5 Å². The van der Waals surface area contributed by atoms with Crippen LogP contribution in [0.4, 0.5) is 5.82 Å². The number of hydrogen-bond acceptors (Lipinski definition) is 5. The number of amides is 2. The molecule has 24 heavy (non-hydrogen) atoms. The Morgan fingerprint density at radius 2 is 2.12 bits per heavy atom. The molecule has 0 bridgehead atoms. The fraction of sp³-hybridized carbons (Fsp3) is 0.438. The van der Waals surface area contributed by atoms with Crippen molar-refractivity contribution in [3.63, 3.8) is 0 Å². The lowest BCUT2D eigenvalue weighted by Gasteiger charge is -2.21. The number of nitrogens with zero attached hydrogens (tertiary/aromatic N) is 4. The van der Waals surface area contributed by atoms with Gasteiger partial charge in [0.05, 0.1) is 11.4 Å². The van der Waals surface area contributed by atoms with E-state index in [9.17, 15) is 9.59 Å². The van der Waals surface area contributed by atoms with Crippen molar-refractivity contribution in [2.75, 3.05) is 38.0 Å². The van der Waals surface area contributed by atoms with Gasteiger partial charge >= 0.3 is 0 Å². The molecular formula is C16H21N5O2S. The van der Waals surface area contributed by atoms with Crippen LogP contribution < -0.4 is 5.32 Å². The van der Waals surface area contributed by atoms with Gasteiger partial charge in [0.15, 0.2) is 5.82 Å². The molecule has 0 atom stereocenters. The number of nitrogens with one attached hydrogen (secondary N) is 1. The molecule has 0 saturated carbocycles. The topological polar surface area (TPSA) is 70.5 Å². The summed E-state index contributed by atoms with van der Waals surface area (Å²) in [6, 6.07) is 5.52. The summed E-state index contributed by atoms with van der Waals surface area (Å²) < 4.78 is 1.65. The number of hydrogen-bond donors (Lipinski definition) is 1. The highest BCUT2D eigenvalue weighted by Gasteiger charge is 2.22. The maximum atomic E-state index is 12.4. The first-order valence-electron chi connectivity index (χ1n) is 7.96. The monoisotopic (exact) mass is 347 g/mol. The van der Waals surface area contributed by atoms with Gasteiger partial charge in [0.2, 0.25) is 5.91 Å². The van der Waals surface area contributed by atoms with Crippen LogP contribution in [0, 0.1) is 0 Å². The standard InChI is InChI=1S/C16H21N5O2S/c1-19-8-5-14(18-19)17-15(22)12-20-6-3-7-21(10-9-20)16(23)13-4-2-11-24-13/h2,4-5,8,11H,3,6-7,9-10,12H2,1H3,(H,17,18,22). The molecule has 128 valence electrons. The van der Waals surface area contributed by atoms with Gasteiger partial charge in [-0.3, -0.25) is 19.2 Å². The molecule has 1 fully saturated rings. The first-order chi connectivity index (χ1) is 11.6. The average Bonchev–Trinajstić information content (AvgIpc) is 3.16. The second-order valence-corrected chi connectivity index (χ2v) is 6.77. The Morgan fingerprint density at radius 3 is 2.83 bits per heavy atom. The highest BCUT2D eigenvalue weighted by atomic mass is 32.1. The molecule has 2 aromatic heterocycles. The molecule has 0 spiro atoms. The highest BCUT2D eigenvalue weighted by molar-refractivity contribution is 7.12. The van der Waals surface area contributed by atoms with Gasteiger partial charge in [0.25, 0.3) is 5.91 Å². The van der Waals surface area contributed by atoms with Crippen LogP contribution in [0.3, 0.4) is 0 Å². The van der Waals surface area contributed by atoms with Gasteiger partial charge in [-0.1, -0.05) is 6.07 Å². The Morgan fingerprint density at radius 1 is 1.25 bits per heavy atom. The molecule has 0 aromatic carbocycles. The normalized spacial score (nSPS) is 16.0. The highest BCUT2D eigenvalue weighted by Crippen LogP contribution is 2.14. The second kappa shape index (κ2) is 7.59. The first-order valence-corrected chi connectivity index (χ1v) is 8.84. The Kier molecular flexibility index (Phi) is 5.27. The molecule has 3 heterocycles. The second-order valence-electron chi connectivity index (χ2n) is 5.82. The van der Waals surface area contributed by atoms with Crippen molar-refractivity contribution in [3.8, 4) is 0 Å². The van der Waals surface area contributed by atoms with Crippen molar-refractivity contribution in [1.29, 1.82) is 0 Å². The summed E-state index contributed by atoms with van der Waals surface area (Å²) >= 11 is 1.47. The van der Waals surface area contributed by atoms with Crippen LogP contribution >= 0.6 is 11.3 Å². The van der Waals surface area contributed by atoms with Crippen molar-refractivity contribution in [1.82, 2.24) is 19.6 Å². The molecular weight excluding hydrogens is 326 g/mol. The minimum absolute atomic E-state index is 0.0771. The van der Waals surface area contributed by atoms with Crippen LogP contribution in [0.2, 0.25) is 0 Å². The van der Waals surface area contributed by atoms with E-state index in [1.165, 1.54) is 11.3 Å². The lowest BCUT2D eigenvalue weighted by molar-refractivity contribution is -0.117. The zero-order valence-electron chi connectivity index (χ0n) is 13.6. The summed E-state index contributed by atoms with van der Waals surface area (Å²) in [6.45, 7) is 3.21. The van der Waals surface area contributed by atoms with Crippen molar-refractivity contribution in [2.45, 2.75) is 6.42 Å². The Labute approximate surface area is 144 Å². The number of aryl methyl sites for hydroxylation is 1. The molecule has 2 aromatic rings. The summed E-state index contributed by atoms with van der Waals surface area (Å²) in [7, 11) is 1.81. The van der Waals surface area contributed by atoms with Crippen LogP contribution in [-0.4, -0.2) is 64.1 Å². The lowest BCUT2D eigenvalue weighted by atomic mass is 10.3. The average molecular weight is 347 g/mol. The third-order valence-electron chi connectivity index (χ3n) is 3.96. The molecule has 0 radical (unpaired) electrons. The number of carbonyl (C=O) groups excluding carboxylic acids is 2. The van der Waals surface area contributed by atoms with Gasteiger partial charge in [-0.2, -0.15) is 5.10 Å². The van der Waals surface area contributed by atoms with Crippen molar-refractivity contribution < 1.29 is 9.59 Å². The van der Waals surface area contributed by atoms with Crippen LogP contribution in [0.15, 0.2) is 29.8 Å². The number of thiophene rings is 1. The van der Waals surface area contributed by atoms with Gasteiger partial charge in [-0.25, -0.2) is 0 Å². The Balaban J connectivity index is 1.50. The van der Waals surface area contributed by atoms with E-state index < -0.39 is 0 Å². The van der Waals surface area contributed by atoms with Gasteiger partial charge < -0.3 is 10.2 Å². The van der Waals surface area contributed by atoms with E-state index in [4.69, 9.17) is 0 Å². The summed E-state index contributed by atoms with van der Waals surface area (Å²) in [6.07, 6.45) is 2.66. The van der Waals surface area contributed by atoms with Crippen molar-refractivity contribution in [2.24, 2.45) is 7.05 Å². The molecule has 3 rings (SSSR count). The molecule has 2 amide bonds. The quantitative estimate of drug-likeness (QED) is 0.904. The van der Waals surface area contributed by atoms with E-state index in [-0.39, 0.29) is 11.8 Å². The van der Waals surface area contributed by atoms with Crippen LogP contribution in [0.25, 0.3) is 0 Å². The zero-order valence-corrected chi connectivity index (χ0v) is 14.5. The first kappa shape index (κ1) is 16.7.